The summed E-state index contributed by atoms with van der Waals surface area (Å²) >= 11 is 1.43. The minimum atomic E-state index is 0.520. The van der Waals surface area contributed by atoms with Gasteiger partial charge in [-0.25, -0.2) is 4.98 Å². The molecule has 0 saturated heterocycles. The molecule has 2 aromatic heterocycles. The number of nitrogens with zero attached hydrogens (tertiary/aromatic N) is 3. The molecule has 2 heterocycles. The van der Waals surface area contributed by atoms with Gasteiger partial charge in [-0.05, 0) is 24.3 Å². The van der Waals surface area contributed by atoms with Crippen LogP contribution in [0.5, 0.6) is 0 Å². The summed E-state index contributed by atoms with van der Waals surface area (Å²) in [5.41, 5.74) is 2.54. The van der Waals surface area contributed by atoms with Crippen LogP contribution in [0.15, 0.2) is 68.7 Å². The first kappa shape index (κ1) is 13.1. The molecule has 0 radical (unpaired) electrons. The molecule has 0 aliphatic rings. The van der Waals surface area contributed by atoms with Crippen molar-refractivity contribution < 1.29 is 8.83 Å². The van der Waals surface area contributed by atoms with Crippen molar-refractivity contribution in [2.75, 3.05) is 0 Å². The monoisotopic (exact) mass is 309 g/mol. The molecule has 0 bridgehead atoms. The summed E-state index contributed by atoms with van der Waals surface area (Å²) in [5.74, 6) is 1.59. The Morgan fingerprint density at radius 1 is 0.864 bits per heavy atom. The number of oxazole rings is 1. The van der Waals surface area contributed by atoms with E-state index < -0.39 is 0 Å². The van der Waals surface area contributed by atoms with Crippen LogP contribution in [0.3, 0.4) is 0 Å². The van der Waals surface area contributed by atoms with Crippen molar-refractivity contribution in [3.63, 3.8) is 0 Å². The molecule has 22 heavy (non-hydrogen) atoms. The highest BCUT2D eigenvalue weighted by Gasteiger charge is 2.11. The van der Waals surface area contributed by atoms with E-state index in [1.54, 1.807) is 0 Å². The maximum absolute atomic E-state index is 5.65. The molecule has 0 saturated carbocycles. The third kappa shape index (κ3) is 2.60. The maximum Gasteiger partial charge on any atom is 0.257 e. The molecule has 0 N–H and O–H groups in total. The third-order valence-corrected chi connectivity index (χ3v) is 3.89. The zero-order valence-electron chi connectivity index (χ0n) is 11.5. The van der Waals surface area contributed by atoms with Crippen molar-refractivity contribution in [3.8, 4) is 11.5 Å². The fourth-order valence-electron chi connectivity index (χ4n) is 2.05. The first-order valence-corrected chi connectivity index (χ1v) is 7.73. The summed E-state index contributed by atoms with van der Waals surface area (Å²) in [6.45, 7) is 0. The summed E-state index contributed by atoms with van der Waals surface area (Å²) in [6.07, 6.45) is 0. The number of fused-ring (bicyclic) bond motifs is 1. The van der Waals surface area contributed by atoms with E-state index in [0.29, 0.717) is 22.8 Å². The highest BCUT2D eigenvalue weighted by molar-refractivity contribution is 7.98. The SMILES string of the molecule is c1ccc(-c2nnc(CSc3nc4ccccc4o3)o2)cc1. The van der Waals surface area contributed by atoms with Crippen LogP contribution in [0.2, 0.25) is 0 Å². The van der Waals surface area contributed by atoms with Crippen LogP contribution in [-0.4, -0.2) is 15.2 Å². The first-order chi connectivity index (χ1) is 10.9. The lowest BCUT2D eigenvalue weighted by molar-refractivity contribution is 0.486. The Morgan fingerprint density at radius 2 is 1.68 bits per heavy atom. The average Bonchev–Trinajstić information content (AvgIpc) is 3.20. The molecular weight excluding hydrogens is 298 g/mol. The molecule has 0 spiro atoms. The highest BCUT2D eigenvalue weighted by atomic mass is 32.2. The molecule has 5 nitrogen and oxygen atoms in total. The fourth-order valence-corrected chi connectivity index (χ4v) is 2.72. The van der Waals surface area contributed by atoms with Crippen LogP contribution in [0, 0.1) is 0 Å². The number of hydrogen-bond donors (Lipinski definition) is 0. The third-order valence-electron chi connectivity index (χ3n) is 3.08. The van der Waals surface area contributed by atoms with Gasteiger partial charge in [0.2, 0.25) is 11.8 Å². The van der Waals surface area contributed by atoms with Crippen LogP contribution in [0.4, 0.5) is 0 Å². The van der Waals surface area contributed by atoms with Crippen LogP contribution in [-0.2, 0) is 5.75 Å². The lowest BCUT2D eigenvalue weighted by Crippen LogP contribution is -1.80. The van der Waals surface area contributed by atoms with E-state index in [-0.39, 0.29) is 0 Å². The standard InChI is InChI=1S/C16H11N3O2S/c1-2-6-11(7-3-1)15-19-18-14(21-15)10-22-16-17-12-8-4-5-9-13(12)20-16/h1-9H,10H2. The van der Waals surface area contributed by atoms with Crippen molar-refractivity contribution in [2.24, 2.45) is 0 Å². The second-order valence-corrected chi connectivity index (χ2v) is 5.53. The largest absolute Gasteiger partial charge is 0.431 e. The van der Waals surface area contributed by atoms with Crippen molar-refractivity contribution in [3.05, 3.63) is 60.5 Å². The number of benzene rings is 2. The fraction of sp³-hybridized carbons (Fsp3) is 0.0625. The van der Waals surface area contributed by atoms with Crippen molar-refractivity contribution in [1.82, 2.24) is 15.2 Å². The Balaban J connectivity index is 1.49. The van der Waals surface area contributed by atoms with E-state index in [4.69, 9.17) is 8.83 Å². The van der Waals surface area contributed by atoms with Crippen LogP contribution in [0.25, 0.3) is 22.6 Å². The average molecular weight is 309 g/mol. The second kappa shape index (κ2) is 5.65. The predicted octanol–water partition coefficient (Wildman–Crippen LogP) is 4.17. The molecule has 0 aliphatic carbocycles. The van der Waals surface area contributed by atoms with Gasteiger partial charge >= 0.3 is 0 Å². The number of hydrogen-bond acceptors (Lipinski definition) is 6. The Morgan fingerprint density at radius 3 is 2.55 bits per heavy atom. The maximum atomic E-state index is 5.65. The normalized spacial score (nSPS) is 11.1. The van der Waals surface area contributed by atoms with E-state index in [0.717, 1.165) is 16.7 Å². The van der Waals surface area contributed by atoms with Gasteiger partial charge in [0.25, 0.3) is 5.22 Å². The van der Waals surface area contributed by atoms with Gasteiger partial charge in [0, 0.05) is 5.56 Å². The summed E-state index contributed by atoms with van der Waals surface area (Å²) < 4.78 is 11.3. The second-order valence-electron chi connectivity index (χ2n) is 4.60. The number of rotatable bonds is 4. The minimum absolute atomic E-state index is 0.520. The van der Waals surface area contributed by atoms with E-state index in [1.165, 1.54) is 11.8 Å². The molecule has 0 unspecified atom stereocenters. The molecule has 0 amide bonds. The van der Waals surface area contributed by atoms with Gasteiger partial charge in [0.1, 0.15) is 5.52 Å². The Hall–Kier alpha value is -2.60. The Labute approximate surface area is 130 Å². The van der Waals surface area contributed by atoms with Gasteiger partial charge in [0.05, 0.1) is 5.75 Å². The van der Waals surface area contributed by atoms with Gasteiger partial charge in [-0.1, -0.05) is 42.1 Å². The molecule has 0 atom stereocenters. The van der Waals surface area contributed by atoms with Gasteiger partial charge in [-0.2, -0.15) is 0 Å². The zero-order chi connectivity index (χ0) is 14.8. The van der Waals surface area contributed by atoms with Gasteiger partial charge in [-0.15, -0.1) is 10.2 Å². The van der Waals surface area contributed by atoms with Crippen molar-refractivity contribution in [2.45, 2.75) is 11.0 Å². The first-order valence-electron chi connectivity index (χ1n) is 6.75. The lowest BCUT2D eigenvalue weighted by Gasteiger charge is -1.92. The Bertz CT molecular complexity index is 869. The summed E-state index contributed by atoms with van der Waals surface area (Å²) in [5, 5.41) is 8.71. The molecule has 108 valence electrons. The molecule has 2 aromatic carbocycles. The van der Waals surface area contributed by atoms with E-state index >= 15 is 0 Å². The van der Waals surface area contributed by atoms with E-state index in [1.807, 2.05) is 54.6 Å². The molecule has 0 aliphatic heterocycles. The van der Waals surface area contributed by atoms with Crippen LogP contribution in [0.1, 0.15) is 5.89 Å². The zero-order valence-corrected chi connectivity index (χ0v) is 12.3. The van der Waals surface area contributed by atoms with Gasteiger partial charge < -0.3 is 8.83 Å². The van der Waals surface area contributed by atoms with E-state index in [2.05, 4.69) is 15.2 Å². The minimum Gasteiger partial charge on any atom is -0.431 e. The van der Waals surface area contributed by atoms with Crippen LogP contribution >= 0.6 is 11.8 Å². The topological polar surface area (TPSA) is 65.0 Å². The van der Waals surface area contributed by atoms with Gasteiger partial charge in [-0.3, -0.25) is 0 Å². The molecule has 4 rings (SSSR count). The van der Waals surface area contributed by atoms with Crippen molar-refractivity contribution >= 4 is 22.9 Å². The molecule has 4 aromatic rings. The summed E-state index contributed by atoms with van der Waals surface area (Å²) in [6, 6.07) is 17.4. The summed E-state index contributed by atoms with van der Waals surface area (Å²) in [7, 11) is 0. The number of para-hydroxylation sites is 2. The summed E-state index contributed by atoms with van der Waals surface area (Å²) in [4.78, 5) is 4.40. The number of aromatic nitrogens is 3. The quantitative estimate of drug-likeness (QED) is 0.527. The highest BCUT2D eigenvalue weighted by Crippen LogP contribution is 2.26. The van der Waals surface area contributed by atoms with Gasteiger partial charge in [0.15, 0.2) is 5.58 Å². The van der Waals surface area contributed by atoms with E-state index in [9.17, 15) is 0 Å². The lowest BCUT2D eigenvalue weighted by atomic mass is 10.2. The van der Waals surface area contributed by atoms with Crippen molar-refractivity contribution in [1.29, 1.82) is 0 Å². The smallest absolute Gasteiger partial charge is 0.257 e. The van der Waals surface area contributed by atoms with Crippen LogP contribution < -0.4 is 0 Å². The molecule has 0 fully saturated rings. The molecular formula is C16H11N3O2S. The predicted molar refractivity (Wildman–Crippen MR) is 83.3 cm³/mol. The Kier molecular flexibility index (Phi) is 3.36. The number of thioether (sulfide) groups is 1. The molecule has 6 heteroatoms.